The smallest absolute Gasteiger partial charge is 0.375 e. The van der Waals surface area contributed by atoms with Crippen LogP contribution in [0.4, 0.5) is 5.69 Å². The lowest BCUT2D eigenvalue weighted by molar-refractivity contribution is -0.129. The number of amides is 1. The first-order chi connectivity index (χ1) is 15.7. The zero-order valence-corrected chi connectivity index (χ0v) is 20.2. The van der Waals surface area contributed by atoms with E-state index in [0.29, 0.717) is 36.7 Å². The van der Waals surface area contributed by atoms with E-state index in [0.717, 1.165) is 31.2 Å². The molecule has 0 aliphatic carbocycles. The molecule has 1 saturated heterocycles. The van der Waals surface area contributed by atoms with Gasteiger partial charge in [-0.2, -0.15) is 0 Å². The largest absolute Gasteiger partial charge is 0.423 e. The van der Waals surface area contributed by atoms with E-state index in [2.05, 4.69) is 25.8 Å². The second kappa shape index (κ2) is 10.4. The van der Waals surface area contributed by atoms with Gasteiger partial charge in [0.1, 0.15) is 0 Å². The van der Waals surface area contributed by atoms with Gasteiger partial charge in [-0.05, 0) is 42.5 Å². The molecule has 0 saturated carbocycles. The van der Waals surface area contributed by atoms with E-state index in [-0.39, 0.29) is 36.5 Å². The Morgan fingerprint density at radius 1 is 1.27 bits per heavy atom. The molecule has 0 radical (unpaired) electrons. The number of carbonyl (C=O) groups is 3. The number of hydrogen-bond donors (Lipinski definition) is 1. The van der Waals surface area contributed by atoms with Crippen molar-refractivity contribution in [3.05, 3.63) is 29.3 Å². The number of nitrogens with zero attached hydrogens (tertiary/aromatic N) is 3. The van der Waals surface area contributed by atoms with Crippen molar-refractivity contribution in [1.82, 2.24) is 9.80 Å². The van der Waals surface area contributed by atoms with Crippen LogP contribution in [-0.4, -0.2) is 52.7 Å². The molecule has 1 unspecified atom stereocenters. The Morgan fingerprint density at radius 2 is 2.00 bits per heavy atom. The van der Waals surface area contributed by atoms with Crippen LogP contribution in [0.25, 0.3) is 0 Å². The molecule has 8 heteroatoms. The molecule has 180 valence electrons. The molecule has 0 spiro atoms. The summed E-state index contributed by atoms with van der Waals surface area (Å²) in [5.74, 6) is 0.270. The van der Waals surface area contributed by atoms with E-state index in [1.165, 1.54) is 0 Å². The van der Waals surface area contributed by atoms with Crippen molar-refractivity contribution in [1.29, 1.82) is 0 Å². The molecular formula is C25H36N4O4. The summed E-state index contributed by atoms with van der Waals surface area (Å²) in [5.41, 5.74) is 7.15. The molecule has 2 aliphatic heterocycles. The van der Waals surface area contributed by atoms with E-state index in [9.17, 15) is 14.4 Å². The molecule has 8 nitrogen and oxygen atoms in total. The molecule has 3 rings (SSSR count). The van der Waals surface area contributed by atoms with Crippen molar-refractivity contribution in [2.45, 2.75) is 78.0 Å². The van der Waals surface area contributed by atoms with Gasteiger partial charge in [0, 0.05) is 38.4 Å². The van der Waals surface area contributed by atoms with Gasteiger partial charge < -0.3 is 15.4 Å². The predicted octanol–water partition coefficient (Wildman–Crippen LogP) is 3.75. The average molecular weight is 457 g/mol. The summed E-state index contributed by atoms with van der Waals surface area (Å²) in [5, 5.41) is 0. The van der Waals surface area contributed by atoms with Gasteiger partial charge >= 0.3 is 5.97 Å². The molecule has 1 amide bonds. The molecule has 1 aromatic rings. The van der Waals surface area contributed by atoms with Gasteiger partial charge in [-0.3, -0.25) is 14.5 Å². The summed E-state index contributed by atoms with van der Waals surface area (Å²) in [7, 11) is 1.79. The van der Waals surface area contributed by atoms with Crippen molar-refractivity contribution in [2.75, 3.05) is 13.6 Å². The number of ether oxygens (including phenoxy) is 1. The molecule has 2 heterocycles. The molecule has 0 bridgehead atoms. The fourth-order valence-corrected chi connectivity index (χ4v) is 4.09. The van der Waals surface area contributed by atoms with Crippen LogP contribution in [-0.2, 0) is 20.9 Å². The molecule has 1 fully saturated rings. The molecule has 2 aliphatic rings. The third-order valence-electron chi connectivity index (χ3n) is 6.37. The van der Waals surface area contributed by atoms with E-state index in [4.69, 9.17) is 10.5 Å². The third-order valence-corrected chi connectivity index (χ3v) is 6.37. The van der Waals surface area contributed by atoms with Gasteiger partial charge in [-0.1, -0.05) is 33.6 Å². The number of cyclic esters (lactones) is 1. The number of unbranched alkanes of at least 4 members (excludes halogenated alkanes) is 2. The van der Waals surface area contributed by atoms with Crippen molar-refractivity contribution < 1.29 is 19.1 Å². The van der Waals surface area contributed by atoms with Gasteiger partial charge in [0.15, 0.2) is 11.7 Å². The minimum atomic E-state index is -1.05. The number of aliphatic imine (C=N–C) groups is 1. The monoisotopic (exact) mass is 456 g/mol. The van der Waals surface area contributed by atoms with Gasteiger partial charge in [0.05, 0.1) is 12.2 Å². The van der Waals surface area contributed by atoms with Crippen LogP contribution in [0, 0.1) is 5.92 Å². The van der Waals surface area contributed by atoms with E-state index >= 15 is 0 Å². The van der Waals surface area contributed by atoms with Crippen LogP contribution in [0.5, 0.6) is 0 Å². The Bertz CT molecular complexity index is 942. The van der Waals surface area contributed by atoms with E-state index < -0.39 is 5.72 Å². The number of guanidine groups is 1. The Morgan fingerprint density at radius 3 is 2.64 bits per heavy atom. The van der Waals surface area contributed by atoms with Crippen molar-refractivity contribution in [3.63, 3.8) is 0 Å². The molecule has 1 aromatic carbocycles. The summed E-state index contributed by atoms with van der Waals surface area (Å²) < 4.78 is 5.40. The number of hydrogen-bond acceptors (Lipinski definition) is 7. The normalized spacial score (nSPS) is 19.1. The zero-order chi connectivity index (χ0) is 24.2. The fourth-order valence-electron chi connectivity index (χ4n) is 4.09. The maximum absolute atomic E-state index is 12.8. The first kappa shape index (κ1) is 24.7. The Labute approximate surface area is 196 Å². The lowest BCUT2D eigenvalue weighted by atomic mass is 9.99. The van der Waals surface area contributed by atoms with Gasteiger partial charge in [0.2, 0.25) is 5.91 Å². The molecular weight excluding hydrogens is 420 g/mol. The van der Waals surface area contributed by atoms with Crippen LogP contribution in [0.3, 0.4) is 0 Å². The average Bonchev–Trinajstić information content (AvgIpc) is 3.45. The van der Waals surface area contributed by atoms with Crippen LogP contribution >= 0.6 is 0 Å². The number of nitrogens with two attached hydrogens (primary N) is 1. The fraction of sp³-hybridized carbons (Fsp3) is 0.600. The first-order valence-corrected chi connectivity index (χ1v) is 11.9. The van der Waals surface area contributed by atoms with E-state index in [1.807, 2.05) is 0 Å². The number of fused-ring (bicyclic) bond motifs is 1. The van der Waals surface area contributed by atoms with Crippen molar-refractivity contribution >= 4 is 29.3 Å². The van der Waals surface area contributed by atoms with Gasteiger partial charge in [-0.25, -0.2) is 9.79 Å². The second-order valence-corrected chi connectivity index (χ2v) is 9.45. The highest BCUT2D eigenvalue weighted by Gasteiger charge is 2.63. The minimum Gasteiger partial charge on any atom is -0.423 e. The summed E-state index contributed by atoms with van der Waals surface area (Å²) in [6.45, 7) is 7.37. The maximum Gasteiger partial charge on any atom is 0.375 e. The van der Waals surface area contributed by atoms with Gasteiger partial charge in [-0.15, -0.1) is 0 Å². The number of benzene rings is 1. The Hall–Kier alpha value is -2.90. The van der Waals surface area contributed by atoms with E-state index in [1.54, 1.807) is 35.0 Å². The van der Waals surface area contributed by atoms with Crippen LogP contribution in [0.1, 0.15) is 81.6 Å². The maximum atomic E-state index is 12.8. The molecule has 2 N–H and O–H groups in total. The lowest BCUT2D eigenvalue weighted by Gasteiger charge is -2.31. The van der Waals surface area contributed by atoms with Crippen LogP contribution in [0.2, 0.25) is 0 Å². The standard InChI is InChI=1S/C25H36N4O4/c1-5-6-7-14-28(4)22(31)11-10-21(30)18-8-9-20-19(15-18)16-29(24(26)27-20)25(23(32)33-25)13-12-17(2)3/h8-9,15,17H,5-7,10-14,16H2,1-4H3,(H2,26,27). The lowest BCUT2D eigenvalue weighted by Crippen LogP contribution is -2.48. The summed E-state index contributed by atoms with van der Waals surface area (Å²) in [6, 6.07) is 5.28. The quantitative estimate of drug-likeness (QED) is 0.291. The summed E-state index contributed by atoms with van der Waals surface area (Å²) in [4.78, 5) is 45.1. The first-order valence-electron chi connectivity index (χ1n) is 11.9. The molecule has 1 atom stereocenters. The highest BCUT2D eigenvalue weighted by molar-refractivity contribution is 6.00. The highest BCUT2D eigenvalue weighted by atomic mass is 16.7. The Kier molecular flexibility index (Phi) is 7.76. The SMILES string of the molecule is CCCCCN(C)C(=O)CCC(=O)c1ccc2c(c1)CN(C1(CCC(C)C)OC1=O)C(N)=N2. The Balaban J connectivity index is 1.65. The highest BCUT2D eigenvalue weighted by Crippen LogP contribution is 2.42. The molecule has 0 aromatic heterocycles. The van der Waals surface area contributed by atoms with Crippen LogP contribution < -0.4 is 5.73 Å². The zero-order valence-electron chi connectivity index (χ0n) is 20.2. The predicted molar refractivity (Wildman–Crippen MR) is 127 cm³/mol. The van der Waals surface area contributed by atoms with Gasteiger partial charge in [0.25, 0.3) is 5.72 Å². The third kappa shape index (κ3) is 5.72. The van der Waals surface area contributed by atoms with Crippen molar-refractivity contribution in [3.8, 4) is 0 Å². The van der Waals surface area contributed by atoms with Crippen LogP contribution in [0.15, 0.2) is 23.2 Å². The number of ketones is 1. The number of epoxide rings is 1. The topological polar surface area (TPSA) is 109 Å². The number of carbonyl (C=O) groups excluding carboxylic acids is 3. The number of Topliss-reactive ketones (excluding diaryl/α,β-unsaturated/α-hetero) is 1. The molecule has 33 heavy (non-hydrogen) atoms. The second-order valence-electron chi connectivity index (χ2n) is 9.45. The minimum absolute atomic E-state index is 0.0162. The summed E-state index contributed by atoms with van der Waals surface area (Å²) in [6.07, 6.45) is 4.88. The van der Waals surface area contributed by atoms with Crippen molar-refractivity contribution in [2.24, 2.45) is 16.6 Å². The number of rotatable bonds is 12. The summed E-state index contributed by atoms with van der Waals surface area (Å²) >= 11 is 0.